The first kappa shape index (κ1) is 11.3. The largest absolute Gasteiger partial charge is 0.457 e. The highest BCUT2D eigenvalue weighted by atomic mass is 79.9. The van der Waals surface area contributed by atoms with Crippen LogP contribution in [-0.4, -0.2) is 22.8 Å². The molecule has 2 aromatic rings. The van der Waals surface area contributed by atoms with E-state index < -0.39 is 0 Å². The average molecular weight is 301 g/mol. The SMILES string of the molecule is CN(Cc1cscn1)C(=O)c1ccoc1Br. The molecular weight excluding hydrogens is 292 g/mol. The topological polar surface area (TPSA) is 46.3 Å². The predicted octanol–water partition coefficient (Wildman–Crippen LogP) is 2.77. The molecule has 0 saturated carbocycles. The van der Waals surface area contributed by atoms with Gasteiger partial charge in [0.25, 0.3) is 5.91 Å². The van der Waals surface area contributed by atoms with Crippen molar-refractivity contribution < 1.29 is 9.21 Å². The molecule has 0 atom stereocenters. The Hall–Kier alpha value is -1.14. The number of thiazole rings is 1. The van der Waals surface area contributed by atoms with E-state index in [2.05, 4.69) is 20.9 Å². The van der Waals surface area contributed by atoms with Gasteiger partial charge in [0.2, 0.25) is 0 Å². The van der Waals surface area contributed by atoms with Crippen LogP contribution in [0.5, 0.6) is 0 Å². The van der Waals surface area contributed by atoms with E-state index in [0.717, 1.165) is 5.69 Å². The van der Waals surface area contributed by atoms with Crippen molar-refractivity contribution in [1.82, 2.24) is 9.88 Å². The number of furan rings is 1. The Labute approximate surface area is 105 Å². The Bertz CT molecular complexity index is 481. The number of rotatable bonds is 3. The Morgan fingerprint density at radius 3 is 3.06 bits per heavy atom. The zero-order valence-electron chi connectivity index (χ0n) is 8.51. The minimum atomic E-state index is -0.0892. The van der Waals surface area contributed by atoms with Gasteiger partial charge >= 0.3 is 0 Å². The Morgan fingerprint density at radius 2 is 2.50 bits per heavy atom. The molecule has 2 heterocycles. The highest BCUT2D eigenvalue weighted by Crippen LogP contribution is 2.19. The second-order valence-electron chi connectivity index (χ2n) is 3.25. The summed E-state index contributed by atoms with van der Waals surface area (Å²) in [6.07, 6.45) is 1.48. The third kappa shape index (κ3) is 2.33. The van der Waals surface area contributed by atoms with E-state index in [1.165, 1.54) is 17.6 Å². The van der Waals surface area contributed by atoms with E-state index in [1.807, 2.05) is 5.38 Å². The first-order chi connectivity index (χ1) is 7.68. The van der Waals surface area contributed by atoms with Crippen molar-refractivity contribution in [1.29, 1.82) is 0 Å². The van der Waals surface area contributed by atoms with Crippen molar-refractivity contribution in [2.45, 2.75) is 6.54 Å². The second kappa shape index (κ2) is 4.80. The molecule has 2 rings (SSSR count). The maximum absolute atomic E-state index is 12.0. The molecule has 16 heavy (non-hydrogen) atoms. The van der Waals surface area contributed by atoms with Crippen molar-refractivity contribution in [3.8, 4) is 0 Å². The molecule has 6 heteroatoms. The molecule has 0 aromatic carbocycles. The van der Waals surface area contributed by atoms with Crippen LogP contribution in [0.1, 0.15) is 16.1 Å². The number of carbonyl (C=O) groups excluding carboxylic acids is 1. The Kier molecular flexibility index (Phi) is 3.40. The lowest BCUT2D eigenvalue weighted by Gasteiger charge is -2.14. The van der Waals surface area contributed by atoms with Crippen molar-refractivity contribution in [2.24, 2.45) is 0 Å². The van der Waals surface area contributed by atoms with Crippen LogP contribution in [0.2, 0.25) is 0 Å². The van der Waals surface area contributed by atoms with Crippen LogP contribution < -0.4 is 0 Å². The van der Waals surface area contributed by atoms with Crippen LogP contribution in [0.4, 0.5) is 0 Å². The third-order valence-corrected chi connectivity index (χ3v) is 3.33. The van der Waals surface area contributed by atoms with Crippen molar-refractivity contribution >= 4 is 33.2 Å². The molecule has 0 aliphatic heterocycles. The van der Waals surface area contributed by atoms with Gasteiger partial charge in [-0.25, -0.2) is 4.98 Å². The highest BCUT2D eigenvalue weighted by Gasteiger charge is 2.17. The van der Waals surface area contributed by atoms with Gasteiger partial charge in [0.05, 0.1) is 29.6 Å². The van der Waals surface area contributed by atoms with Crippen LogP contribution in [0.15, 0.2) is 32.3 Å². The van der Waals surface area contributed by atoms with E-state index in [9.17, 15) is 4.79 Å². The summed E-state index contributed by atoms with van der Waals surface area (Å²) in [5.74, 6) is -0.0892. The summed E-state index contributed by atoms with van der Waals surface area (Å²) < 4.78 is 5.49. The van der Waals surface area contributed by atoms with E-state index in [4.69, 9.17) is 4.42 Å². The van der Waals surface area contributed by atoms with E-state index >= 15 is 0 Å². The van der Waals surface area contributed by atoms with Gasteiger partial charge in [-0.15, -0.1) is 11.3 Å². The molecule has 0 unspecified atom stereocenters. The maximum atomic E-state index is 12.0. The van der Waals surface area contributed by atoms with Gasteiger partial charge in [-0.2, -0.15) is 0 Å². The smallest absolute Gasteiger partial charge is 0.258 e. The normalized spacial score (nSPS) is 10.4. The van der Waals surface area contributed by atoms with Gasteiger partial charge in [-0.05, 0) is 22.0 Å². The molecule has 0 bridgehead atoms. The zero-order chi connectivity index (χ0) is 11.5. The molecule has 0 N–H and O–H groups in total. The van der Waals surface area contributed by atoms with Crippen LogP contribution in [0, 0.1) is 0 Å². The fourth-order valence-corrected chi connectivity index (χ4v) is 2.24. The van der Waals surface area contributed by atoms with Gasteiger partial charge in [0, 0.05) is 12.4 Å². The van der Waals surface area contributed by atoms with Gasteiger partial charge < -0.3 is 9.32 Å². The number of amides is 1. The minimum Gasteiger partial charge on any atom is -0.457 e. The first-order valence-electron chi connectivity index (χ1n) is 4.54. The molecule has 0 radical (unpaired) electrons. The number of halogens is 1. The average Bonchev–Trinajstić information content (AvgIpc) is 2.88. The fourth-order valence-electron chi connectivity index (χ4n) is 1.28. The quantitative estimate of drug-likeness (QED) is 0.875. The van der Waals surface area contributed by atoms with E-state index in [-0.39, 0.29) is 5.91 Å². The molecule has 0 aliphatic carbocycles. The minimum absolute atomic E-state index is 0.0892. The number of hydrogen-bond acceptors (Lipinski definition) is 4. The summed E-state index contributed by atoms with van der Waals surface area (Å²) in [6, 6.07) is 1.64. The summed E-state index contributed by atoms with van der Waals surface area (Å²) in [5, 5.41) is 1.92. The molecule has 4 nitrogen and oxygen atoms in total. The lowest BCUT2D eigenvalue weighted by Crippen LogP contribution is -2.26. The van der Waals surface area contributed by atoms with E-state index in [1.54, 1.807) is 23.5 Å². The van der Waals surface area contributed by atoms with Crippen molar-refractivity contribution in [2.75, 3.05) is 7.05 Å². The molecule has 0 spiro atoms. The molecule has 2 aromatic heterocycles. The van der Waals surface area contributed by atoms with Crippen LogP contribution in [0.25, 0.3) is 0 Å². The highest BCUT2D eigenvalue weighted by molar-refractivity contribution is 9.10. The summed E-state index contributed by atoms with van der Waals surface area (Å²) in [7, 11) is 1.74. The summed E-state index contributed by atoms with van der Waals surface area (Å²) in [4.78, 5) is 17.7. The molecular formula is C10H9BrN2O2S. The van der Waals surface area contributed by atoms with Crippen molar-refractivity contribution in [3.63, 3.8) is 0 Å². The molecule has 0 saturated heterocycles. The van der Waals surface area contributed by atoms with Gasteiger partial charge in [-0.1, -0.05) is 0 Å². The number of hydrogen-bond donors (Lipinski definition) is 0. The Morgan fingerprint density at radius 1 is 1.69 bits per heavy atom. The predicted molar refractivity (Wildman–Crippen MR) is 64.3 cm³/mol. The first-order valence-corrected chi connectivity index (χ1v) is 6.27. The monoisotopic (exact) mass is 300 g/mol. The van der Waals surface area contributed by atoms with Gasteiger partial charge in [0.15, 0.2) is 4.67 Å². The van der Waals surface area contributed by atoms with Crippen LogP contribution in [0.3, 0.4) is 0 Å². The number of aromatic nitrogens is 1. The van der Waals surface area contributed by atoms with E-state index in [0.29, 0.717) is 16.8 Å². The molecule has 84 valence electrons. The van der Waals surface area contributed by atoms with Crippen LogP contribution in [-0.2, 0) is 6.54 Å². The molecule has 0 aliphatic rings. The third-order valence-electron chi connectivity index (χ3n) is 2.08. The zero-order valence-corrected chi connectivity index (χ0v) is 10.9. The molecule has 0 fully saturated rings. The van der Waals surface area contributed by atoms with Crippen LogP contribution >= 0.6 is 27.3 Å². The maximum Gasteiger partial charge on any atom is 0.258 e. The fraction of sp³-hybridized carbons (Fsp3) is 0.200. The summed E-state index contributed by atoms with van der Waals surface area (Å²) >= 11 is 4.70. The summed E-state index contributed by atoms with van der Waals surface area (Å²) in [6.45, 7) is 0.500. The Balaban J connectivity index is 2.08. The number of nitrogens with zero attached hydrogens (tertiary/aromatic N) is 2. The lowest BCUT2D eigenvalue weighted by atomic mass is 10.3. The standard InChI is InChI=1S/C10H9BrN2O2S/c1-13(4-7-5-16-6-12-7)10(14)8-2-3-15-9(8)11/h2-3,5-6H,4H2,1H3. The van der Waals surface area contributed by atoms with Gasteiger partial charge in [0.1, 0.15) is 0 Å². The second-order valence-corrected chi connectivity index (χ2v) is 4.69. The summed E-state index contributed by atoms with van der Waals surface area (Å²) in [5.41, 5.74) is 3.17. The van der Waals surface area contributed by atoms with Gasteiger partial charge in [-0.3, -0.25) is 4.79 Å². The number of carbonyl (C=O) groups is 1. The lowest BCUT2D eigenvalue weighted by molar-refractivity contribution is 0.0781. The molecule has 1 amide bonds. The van der Waals surface area contributed by atoms with Crippen molar-refractivity contribution in [3.05, 3.63) is 39.1 Å².